The average Bonchev–Trinajstić information content (AvgIpc) is 2.95. The van der Waals surface area contributed by atoms with E-state index >= 15 is 0 Å². The third kappa shape index (κ3) is 3.57. The molecule has 0 aliphatic carbocycles. The van der Waals surface area contributed by atoms with Crippen LogP contribution in [0, 0.1) is 42.1 Å². The first kappa shape index (κ1) is 22.1. The van der Waals surface area contributed by atoms with E-state index in [9.17, 15) is 49.1 Å². The van der Waals surface area contributed by atoms with Gasteiger partial charge in [0.25, 0.3) is 0 Å². The molecule has 0 radical (unpaired) electrons. The number of aryl methyl sites for hydroxylation is 1. The van der Waals surface area contributed by atoms with E-state index < -0.39 is 85.8 Å². The van der Waals surface area contributed by atoms with Crippen LogP contribution in [-0.4, -0.2) is 15.7 Å². The van der Waals surface area contributed by atoms with Gasteiger partial charge in [0.05, 0.1) is 0 Å². The Bertz CT molecular complexity index is 1270. The number of alkyl halides is 3. The van der Waals surface area contributed by atoms with Crippen LogP contribution in [0.2, 0.25) is 0 Å². The van der Waals surface area contributed by atoms with Crippen molar-refractivity contribution in [3.8, 4) is 0 Å². The fraction of sp³-hybridized carbons (Fsp3) is 0.118. The first-order chi connectivity index (χ1) is 14.3. The molecule has 0 saturated carbocycles. The predicted molar refractivity (Wildman–Crippen MR) is 81.8 cm³/mol. The summed E-state index contributed by atoms with van der Waals surface area (Å²) in [4.78, 5) is 24.7. The molecule has 0 unspecified atom stereocenters. The van der Waals surface area contributed by atoms with E-state index in [1.54, 1.807) is 0 Å². The van der Waals surface area contributed by atoms with Gasteiger partial charge in [-0.25, -0.2) is 13.2 Å². The van der Waals surface area contributed by atoms with E-state index in [4.69, 9.17) is 0 Å². The van der Waals surface area contributed by atoms with Gasteiger partial charge in [-0.2, -0.15) is 31.4 Å². The summed E-state index contributed by atoms with van der Waals surface area (Å²) in [6.45, 7) is 0.960. The van der Waals surface area contributed by atoms with Gasteiger partial charge in [-0.3, -0.25) is 9.59 Å². The van der Waals surface area contributed by atoms with Gasteiger partial charge in [0.2, 0.25) is 11.6 Å². The van der Waals surface area contributed by atoms with Crippen LogP contribution in [0.4, 0.5) is 39.5 Å². The number of nitrogens with one attached hydrogen (secondary N) is 1. The minimum absolute atomic E-state index is 0.231. The van der Waals surface area contributed by atoms with E-state index in [0.717, 1.165) is 6.92 Å². The third-order valence-corrected chi connectivity index (χ3v) is 4.10. The van der Waals surface area contributed by atoms with E-state index in [1.165, 1.54) is 0 Å². The molecule has 2 aromatic heterocycles. The van der Waals surface area contributed by atoms with Gasteiger partial charge in [-0.15, -0.1) is 0 Å². The van der Waals surface area contributed by atoms with Crippen molar-refractivity contribution in [3.63, 3.8) is 0 Å². The molecule has 0 bridgehead atoms. The van der Waals surface area contributed by atoms with Crippen molar-refractivity contribution in [1.29, 1.82) is 0 Å². The second-order valence-electron chi connectivity index (χ2n) is 6.11. The molecule has 3 rings (SSSR count). The molecule has 0 amide bonds. The molecule has 1 N–H and O–H groups in total. The number of hydrogen-bond acceptors (Lipinski definition) is 2. The van der Waals surface area contributed by atoms with Gasteiger partial charge in [0.15, 0.2) is 17.5 Å². The summed E-state index contributed by atoms with van der Waals surface area (Å²) in [7, 11) is 0. The monoisotopic (exact) mass is 456 g/mol. The van der Waals surface area contributed by atoms with Crippen LogP contribution in [0.3, 0.4) is 0 Å². The van der Waals surface area contributed by atoms with Crippen molar-refractivity contribution in [2.75, 3.05) is 0 Å². The number of aromatic nitrogens is 3. The Morgan fingerprint density at radius 1 is 0.935 bits per heavy atom. The summed E-state index contributed by atoms with van der Waals surface area (Å²) in [6, 6.07) is -0.0113. The summed E-state index contributed by atoms with van der Waals surface area (Å²) >= 11 is 0. The van der Waals surface area contributed by atoms with Crippen molar-refractivity contribution < 1.29 is 49.0 Å². The van der Waals surface area contributed by atoms with Crippen LogP contribution in [0.5, 0.6) is 0 Å². The van der Waals surface area contributed by atoms with Gasteiger partial charge < -0.3 is 0 Å². The molecule has 31 heavy (non-hydrogen) atoms. The molecular formula is C17H7F9N3O2+. The zero-order chi connectivity index (χ0) is 23.4. The molecule has 3 aromatic rings. The molecule has 0 aliphatic rings. The van der Waals surface area contributed by atoms with E-state index in [1.807, 2.05) is 5.10 Å². The molecule has 0 spiro atoms. The summed E-state index contributed by atoms with van der Waals surface area (Å²) in [5.41, 5.74) is -6.35. The minimum atomic E-state index is -5.48. The lowest BCUT2D eigenvalue weighted by atomic mass is 10.0. The number of nitrogens with zero attached hydrogens (tertiary/aromatic N) is 2. The van der Waals surface area contributed by atoms with Gasteiger partial charge in [0, 0.05) is 18.6 Å². The Morgan fingerprint density at radius 3 is 2.00 bits per heavy atom. The molecule has 164 valence electrons. The fourth-order valence-corrected chi connectivity index (χ4v) is 2.69. The highest BCUT2D eigenvalue weighted by atomic mass is 19.4. The number of carbonyl (C=O) groups excluding carboxylic acids is 1. The van der Waals surface area contributed by atoms with E-state index in [2.05, 4.69) is 0 Å². The maximum Gasteiger partial charge on any atom is 0.423 e. The molecule has 2 heterocycles. The first-order valence-electron chi connectivity index (χ1n) is 7.94. The highest BCUT2D eigenvalue weighted by Gasteiger charge is 2.41. The molecule has 0 aliphatic heterocycles. The molecular weight excluding hydrogens is 449 g/mol. The summed E-state index contributed by atoms with van der Waals surface area (Å²) in [5.74, 6) is -13.8. The van der Waals surface area contributed by atoms with Crippen LogP contribution in [-0.2, 0) is 6.18 Å². The largest absolute Gasteiger partial charge is 0.423 e. The quantitative estimate of drug-likeness (QED) is 0.217. The molecule has 0 saturated heterocycles. The normalized spacial score (nSPS) is 11.8. The second-order valence-corrected chi connectivity index (χ2v) is 6.11. The lowest BCUT2D eigenvalue weighted by molar-refractivity contribution is -0.789. The zero-order valence-corrected chi connectivity index (χ0v) is 14.8. The topological polar surface area (TPSA) is 58.7 Å². The number of H-pyrrole nitrogens is 1. The zero-order valence-electron chi connectivity index (χ0n) is 14.8. The Morgan fingerprint density at radius 2 is 1.48 bits per heavy atom. The first-order valence-corrected chi connectivity index (χ1v) is 7.94. The smallest absolute Gasteiger partial charge is 0.288 e. The van der Waals surface area contributed by atoms with Crippen molar-refractivity contribution in [2.24, 2.45) is 0 Å². The number of halogens is 9. The maximum absolute atomic E-state index is 14.3. The standard InChI is InChI=1S/C17H6F9N3O2/c1-5-11(13(30)6-2-8(18)12(21)9(19)3-6)16(31)29(27-5)28-14(22)7(17(24,25)26)4-10(20)15(28)23/h2-4H,1H3/p+1. The van der Waals surface area contributed by atoms with Gasteiger partial charge in [0.1, 0.15) is 16.8 Å². The van der Waals surface area contributed by atoms with Gasteiger partial charge in [-0.1, -0.05) is 4.68 Å². The maximum atomic E-state index is 14.3. The highest BCUT2D eigenvalue weighted by Crippen LogP contribution is 2.31. The lowest BCUT2D eigenvalue weighted by Gasteiger charge is -2.09. The van der Waals surface area contributed by atoms with Crippen LogP contribution in [0.15, 0.2) is 23.0 Å². The van der Waals surface area contributed by atoms with Crippen LogP contribution >= 0.6 is 0 Å². The number of hydrogen-bond donors (Lipinski definition) is 1. The van der Waals surface area contributed by atoms with E-state index in [0.29, 0.717) is 0 Å². The fourth-order valence-electron chi connectivity index (χ4n) is 2.69. The van der Waals surface area contributed by atoms with Gasteiger partial charge >= 0.3 is 23.6 Å². The number of carbonyl (C=O) groups is 1. The molecule has 1 aromatic carbocycles. The van der Waals surface area contributed by atoms with E-state index in [-0.39, 0.29) is 16.9 Å². The number of benzene rings is 1. The van der Waals surface area contributed by atoms with Crippen molar-refractivity contribution in [3.05, 3.63) is 86.1 Å². The molecule has 0 atom stereocenters. The van der Waals surface area contributed by atoms with Crippen molar-refractivity contribution in [2.45, 2.75) is 13.1 Å². The SMILES string of the molecule is Cc1[nH]n(-[n+]2c(F)c(F)cc(C(F)(F)F)c2F)c(=O)c1C(=O)c1cc(F)c(F)c(F)c1. The Kier molecular flexibility index (Phi) is 5.19. The predicted octanol–water partition coefficient (Wildman–Crippen LogP) is 3.17. The summed E-state index contributed by atoms with van der Waals surface area (Å²) in [5, 5.41) is 1.88. The number of rotatable bonds is 3. The third-order valence-electron chi connectivity index (χ3n) is 4.10. The van der Waals surface area contributed by atoms with Crippen molar-refractivity contribution in [1.82, 2.24) is 9.89 Å². The second kappa shape index (κ2) is 7.28. The molecule has 0 fully saturated rings. The summed E-state index contributed by atoms with van der Waals surface area (Å²) in [6.07, 6.45) is -5.48. The summed E-state index contributed by atoms with van der Waals surface area (Å²) < 4.78 is 120. The number of aromatic amines is 1. The Labute approximate surface area is 164 Å². The molecule has 5 nitrogen and oxygen atoms in total. The lowest BCUT2D eigenvalue weighted by Crippen LogP contribution is -2.56. The Balaban J connectivity index is 2.26. The van der Waals surface area contributed by atoms with Gasteiger partial charge in [-0.05, 0) is 16.9 Å². The molecule has 14 heteroatoms. The Hall–Kier alpha value is -3.58. The highest BCUT2D eigenvalue weighted by molar-refractivity contribution is 6.09. The number of pyridine rings is 1. The van der Waals surface area contributed by atoms with Crippen LogP contribution in [0.1, 0.15) is 27.2 Å². The van der Waals surface area contributed by atoms with Crippen LogP contribution < -0.4 is 10.2 Å². The van der Waals surface area contributed by atoms with Crippen molar-refractivity contribution >= 4 is 5.78 Å². The minimum Gasteiger partial charge on any atom is -0.288 e. The van der Waals surface area contributed by atoms with Crippen LogP contribution in [0.25, 0.3) is 0 Å². The average molecular weight is 456 g/mol. The number of ketones is 1.